The van der Waals surface area contributed by atoms with E-state index in [2.05, 4.69) is 5.32 Å². The van der Waals surface area contributed by atoms with E-state index in [0.29, 0.717) is 11.8 Å². The summed E-state index contributed by atoms with van der Waals surface area (Å²) in [5.74, 6) is -1.71. The van der Waals surface area contributed by atoms with E-state index in [0.717, 1.165) is 27.0 Å². The van der Waals surface area contributed by atoms with E-state index in [1.807, 2.05) is 152 Å². The monoisotopic (exact) mass is 702 g/mol. The molecule has 0 aromatic heterocycles. The molecule has 2 atom stereocenters. The number of hydrogen-bond acceptors (Lipinski definition) is 7. The van der Waals surface area contributed by atoms with Crippen LogP contribution in [-0.4, -0.2) is 56.3 Å². The average Bonchev–Trinajstić information content (AvgIpc) is 3.17. The van der Waals surface area contributed by atoms with E-state index in [1.165, 1.54) is 4.90 Å². The Morgan fingerprint density at radius 1 is 0.680 bits per heavy atom. The van der Waals surface area contributed by atoms with Gasteiger partial charge in [0.15, 0.2) is 0 Å². The summed E-state index contributed by atoms with van der Waals surface area (Å²) in [5.41, 5.74) is 1.58. The Morgan fingerprint density at radius 2 is 1.12 bits per heavy atom. The third kappa shape index (κ3) is 7.21. The SMILES string of the molecule is O=C(Cc1ccccc1)NC1C(=O)N(C(C(=O)OCc2ccccc2)=P(c2ccccc2)(c2ccccc2)c2ccccc2)C1SC(=O)CO. The normalized spacial score (nSPS) is 15.5. The molecule has 5 aromatic carbocycles. The molecule has 0 saturated carbocycles. The highest BCUT2D eigenvalue weighted by atomic mass is 32.2. The van der Waals surface area contributed by atoms with Crippen LogP contribution >= 0.6 is 18.6 Å². The molecule has 1 heterocycles. The molecule has 10 heteroatoms. The molecule has 252 valence electrons. The van der Waals surface area contributed by atoms with Gasteiger partial charge in [0.05, 0.1) is 6.42 Å². The first-order chi connectivity index (χ1) is 24.4. The number of nitrogens with one attached hydrogen (secondary N) is 1. The van der Waals surface area contributed by atoms with E-state index in [-0.39, 0.29) is 18.4 Å². The zero-order valence-corrected chi connectivity index (χ0v) is 28.7. The maximum atomic E-state index is 14.9. The molecule has 2 N–H and O–H groups in total. The van der Waals surface area contributed by atoms with Gasteiger partial charge < -0.3 is 15.2 Å². The molecule has 1 saturated heterocycles. The second-order valence-corrected chi connectivity index (χ2v) is 16.0. The molecule has 2 unspecified atom stereocenters. The number of ether oxygens (including phenoxy) is 1. The van der Waals surface area contributed by atoms with Crippen LogP contribution in [-0.2, 0) is 36.9 Å². The Labute approximate surface area is 295 Å². The molecule has 2 amide bonds. The van der Waals surface area contributed by atoms with Crippen LogP contribution in [0.3, 0.4) is 0 Å². The van der Waals surface area contributed by atoms with Gasteiger partial charge >= 0.3 is 5.97 Å². The number of aliphatic hydroxyl groups is 1. The van der Waals surface area contributed by atoms with Crippen molar-refractivity contribution in [2.75, 3.05) is 6.61 Å². The van der Waals surface area contributed by atoms with Crippen molar-refractivity contribution in [3.63, 3.8) is 0 Å². The van der Waals surface area contributed by atoms with E-state index in [4.69, 9.17) is 4.74 Å². The van der Waals surface area contributed by atoms with Crippen molar-refractivity contribution in [2.45, 2.75) is 24.4 Å². The Morgan fingerprint density at radius 3 is 1.58 bits per heavy atom. The zero-order chi connectivity index (χ0) is 34.9. The number of amides is 2. The lowest BCUT2D eigenvalue weighted by molar-refractivity contribution is -0.146. The van der Waals surface area contributed by atoms with Crippen molar-refractivity contribution >= 4 is 62.9 Å². The molecule has 6 rings (SSSR count). The largest absolute Gasteiger partial charge is 0.456 e. The lowest BCUT2D eigenvalue weighted by Crippen LogP contribution is -2.72. The van der Waals surface area contributed by atoms with Gasteiger partial charge in [0, 0.05) is 6.89 Å². The second-order valence-electron chi connectivity index (χ2n) is 11.5. The Bertz CT molecular complexity index is 1910. The maximum absolute atomic E-state index is 14.9. The van der Waals surface area contributed by atoms with Crippen LogP contribution in [0.15, 0.2) is 152 Å². The molecular weight excluding hydrogens is 667 g/mol. The number of aliphatic hydroxyl groups excluding tert-OH is 1. The fraction of sp³-hybridized carbons (Fsp3) is 0.125. The van der Waals surface area contributed by atoms with Crippen LogP contribution in [0, 0.1) is 0 Å². The molecule has 1 aliphatic rings. The van der Waals surface area contributed by atoms with Crippen LogP contribution in [0.2, 0.25) is 0 Å². The molecular formula is C40H35N2O6PS. The Balaban J connectivity index is 1.58. The minimum atomic E-state index is -3.26. The molecule has 0 aliphatic carbocycles. The van der Waals surface area contributed by atoms with Crippen molar-refractivity contribution in [1.29, 1.82) is 0 Å². The number of rotatable bonds is 12. The van der Waals surface area contributed by atoms with E-state index in [9.17, 15) is 24.3 Å². The van der Waals surface area contributed by atoms with Gasteiger partial charge in [-0.05, 0) is 27.0 Å². The Hall–Kier alpha value is -5.21. The van der Waals surface area contributed by atoms with Crippen molar-refractivity contribution in [1.82, 2.24) is 10.2 Å². The highest BCUT2D eigenvalue weighted by molar-refractivity contribution is 8.14. The lowest BCUT2D eigenvalue weighted by Gasteiger charge is -2.49. The zero-order valence-electron chi connectivity index (χ0n) is 27.0. The smallest absolute Gasteiger partial charge is 0.356 e. The summed E-state index contributed by atoms with van der Waals surface area (Å²) >= 11 is 0.707. The summed E-state index contributed by atoms with van der Waals surface area (Å²) in [5, 5.41) is 13.3. The summed E-state index contributed by atoms with van der Waals surface area (Å²) < 4.78 is 6.07. The number of thioether (sulfide) groups is 1. The number of benzene rings is 5. The highest BCUT2D eigenvalue weighted by Crippen LogP contribution is 2.49. The standard InChI is InChI=1S/C40H35N2O6PS/c43-27-35(45)50-39-36(41-34(44)26-29-16-6-1-7-17-29)37(46)42(39)38(40(47)48-28-30-18-8-2-9-19-30)49(31-20-10-3-11-21-31,32-22-12-4-13-23-32)33-24-14-5-15-25-33/h1-25,36,39,43H,26-28H2,(H,41,44). The van der Waals surface area contributed by atoms with Crippen LogP contribution in [0.1, 0.15) is 11.1 Å². The van der Waals surface area contributed by atoms with E-state index >= 15 is 0 Å². The first kappa shape index (κ1) is 34.6. The number of β-lactam (4-membered cyclic amide) rings is 1. The summed E-state index contributed by atoms with van der Waals surface area (Å²) in [6, 6.07) is 45.7. The third-order valence-corrected chi connectivity index (χ3v) is 13.7. The number of likely N-dealkylation sites (tertiary alicyclic amines) is 1. The average molecular weight is 703 g/mol. The minimum Gasteiger partial charge on any atom is -0.456 e. The predicted molar refractivity (Wildman–Crippen MR) is 199 cm³/mol. The third-order valence-electron chi connectivity index (χ3n) is 8.32. The van der Waals surface area contributed by atoms with Gasteiger partial charge in [-0.25, -0.2) is 4.79 Å². The van der Waals surface area contributed by atoms with Crippen molar-refractivity contribution < 1.29 is 29.0 Å². The fourth-order valence-electron chi connectivity index (χ4n) is 6.07. The first-order valence-electron chi connectivity index (χ1n) is 16.0. The van der Waals surface area contributed by atoms with Crippen LogP contribution in [0.5, 0.6) is 0 Å². The van der Waals surface area contributed by atoms with Gasteiger partial charge in [-0.1, -0.05) is 163 Å². The maximum Gasteiger partial charge on any atom is 0.356 e. The molecule has 0 bridgehead atoms. The molecule has 1 aliphatic heterocycles. The van der Waals surface area contributed by atoms with Gasteiger partial charge in [-0.2, -0.15) is 0 Å². The van der Waals surface area contributed by atoms with Gasteiger partial charge in [0.2, 0.25) is 11.0 Å². The van der Waals surface area contributed by atoms with Crippen molar-refractivity contribution in [3.05, 3.63) is 163 Å². The fourth-order valence-corrected chi connectivity index (χ4v) is 11.5. The van der Waals surface area contributed by atoms with Crippen LogP contribution in [0.4, 0.5) is 0 Å². The van der Waals surface area contributed by atoms with Crippen molar-refractivity contribution in [3.8, 4) is 0 Å². The molecule has 50 heavy (non-hydrogen) atoms. The molecule has 5 aromatic rings. The van der Waals surface area contributed by atoms with Gasteiger partial charge in [0.1, 0.15) is 30.0 Å². The number of esters is 1. The number of hydrogen-bond donors (Lipinski definition) is 2. The van der Waals surface area contributed by atoms with Gasteiger partial charge in [-0.3, -0.25) is 19.3 Å². The summed E-state index contributed by atoms with van der Waals surface area (Å²) in [6.07, 6.45) is 0.0145. The number of carbonyl (C=O) groups excluding carboxylic acids is 4. The van der Waals surface area contributed by atoms with Crippen molar-refractivity contribution in [2.24, 2.45) is 0 Å². The van der Waals surface area contributed by atoms with Gasteiger partial charge in [0.25, 0.3) is 5.91 Å². The van der Waals surface area contributed by atoms with Crippen LogP contribution < -0.4 is 21.2 Å². The first-order valence-corrected chi connectivity index (χ1v) is 18.7. The minimum absolute atomic E-state index is 0.0145. The van der Waals surface area contributed by atoms with Crippen LogP contribution in [0.25, 0.3) is 0 Å². The van der Waals surface area contributed by atoms with E-state index in [1.54, 1.807) is 0 Å². The summed E-state index contributed by atoms with van der Waals surface area (Å²) in [6.45, 7) is -4.11. The predicted octanol–water partition coefficient (Wildman–Crippen LogP) is 4.00. The molecule has 0 spiro atoms. The summed E-state index contributed by atoms with van der Waals surface area (Å²) in [7, 11) is 0. The lowest BCUT2D eigenvalue weighted by atomic mass is 10.1. The van der Waals surface area contributed by atoms with E-state index < -0.39 is 47.8 Å². The molecule has 0 radical (unpaired) electrons. The molecule has 8 nitrogen and oxygen atoms in total. The molecule has 1 fully saturated rings. The summed E-state index contributed by atoms with van der Waals surface area (Å²) in [4.78, 5) is 56.9. The number of carbonyl (C=O) groups is 4. The Kier molecular flexibility index (Phi) is 11.1. The quantitative estimate of drug-likeness (QED) is 0.115. The second kappa shape index (κ2) is 16.0. The number of nitrogens with zero attached hydrogens (tertiary/aromatic N) is 1. The topological polar surface area (TPSA) is 113 Å². The van der Waals surface area contributed by atoms with Gasteiger partial charge in [-0.15, -0.1) is 0 Å². The highest BCUT2D eigenvalue weighted by Gasteiger charge is 2.55.